The number of carbonyl (C=O) groups is 2. The van der Waals surface area contributed by atoms with Gasteiger partial charge < -0.3 is 14.2 Å². The lowest BCUT2D eigenvalue weighted by atomic mass is 9.96. The second kappa shape index (κ2) is 10.2. The molecule has 0 aromatic carbocycles. The zero-order chi connectivity index (χ0) is 22.5. The van der Waals surface area contributed by atoms with Crippen molar-refractivity contribution in [2.75, 3.05) is 19.6 Å². The Labute approximate surface area is 189 Å². The summed E-state index contributed by atoms with van der Waals surface area (Å²) in [4.78, 5) is 33.1. The molecule has 2 aromatic heterocycles. The molecule has 32 heavy (non-hydrogen) atoms. The molecule has 8 heteroatoms. The summed E-state index contributed by atoms with van der Waals surface area (Å²) in [5, 5.41) is 8.66. The fraction of sp³-hybridized carbons (Fsp3) is 0.625. The predicted molar refractivity (Wildman–Crippen MR) is 119 cm³/mol. The number of hydrogen-bond acceptors (Lipinski definition) is 6. The highest BCUT2D eigenvalue weighted by molar-refractivity contribution is 5.78. The third kappa shape index (κ3) is 5.16. The minimum Gasteiger partial charge on any atom is -0.423 e. The maximum atomic E-state index is 12.6. The quantitative estimate of drug-likeness (QED) is 0.684. The van der Waals surface area contributed by atoms with Gasteiger partial charge in [-0.1, -0.05) is 13.8 Å². The predicted octanol–water partition coefficient (Wildman–Crippen LogP) is 3.51. The summed E-state index contributed by atoms with van der Waals surface area (Å²) in [6.07, 6.45) is 9.36. The van der Waals surface area contributed by atoms with Crippen molar-refractivity contribution in [2.24, 2.45) is 5.92 Å². The van der Waals surface area contributed by atoms with Crippen LogP contribution in [-0.2, 0) is 16.0 Å². The summed E-state index contributed by atoms with van der Waals surface area (Å²) in [6, 6.07) is 3.79. The first-order chi connectivity index (χ1) is 15.5. The van der Waals surface area contributed by atoms with Gasteiger partial charge in [-0.2, -0.15) is 0 Å². The molecule has 0 radical (unpaired) electrons. The molecular weight excluding hydrogens is 406 g/mol. The van der Waals surface area contributed by atoms with Crippen molar-refractivity contribution in [3.8, 4) is 0 Å². The van der Waals surface area contributed by atoms with E-state index in [1.807, 2.05) is 35.8 Å². The van der Waals surface area contributed by atoms with Crippen LogP contribution in [0.25, 0.3) is 0 Å². The minimum atomic E-state index is -0.116. The molecule has 4 rings (SSSR count). The molecule has 0 bridgehead atoms. The fourth-order valence-corrected chi connectivity index (χ4v) is 4.66. The molecule has 1 atom stereocenters. The smallest absolute Gasteiger partial charge is 0.238 e. The molecule has 2 aliphatic heterocycles. The SMILES string of the molecule is CC(C)C(=O)N1CCCCC1c1nnc(C2CCN(C(=O)CCc3ccncc3)CC2)o1. The normalized spacial score (nSPS) is 20.0. The van der Waals surface area contributed by atoms with Gasteiger partial charge in [-0.3, -0.25) is 14.6 Å². The molecule has 1 unspecified atom stereocenters. The number of likely N-dealkylation sites (tertiary alicyclic amines) is 2. The van der Waals surface area contributed by atoms with E-state index in [-0.39, 0.29) is 29.7 Å². The summed E-state index contributed by atoms with van der Waals surface area (Å²) in [5.74, 6) is 1.66. The third-order valence-corrected chi connectivity index (χ3v) is 6.59. The van der Waals surface area contributed by atoms with E-state index in [2.05, 4.69) is 15.2 Å². The van der Waals surface area contributed by atoms with Crippen LogP contribution in [0.15, 0.2) is 28.9 Å². The first kappa shape index (κ1) is 22.4. The first-order valence-corrected chi connectivity index (χ1v) is 11.8. The van der Waals surface area contributed by atoms with E-state index in [0.717, 1.165) is 50.6 Å². The largest absolute Gasteiger partial charge is 0.423 e. The van der Waals surface area contributed by atoms with Crippen LogP contribution >= 0.6 is 0 Å². The highest BCUT2D eigenvalue weighted by Crippen LogP contribution is 2.34. The number of pyridine rings is 1. The Bertz CT molecular complexity index is 905. The molecule has 2 amide bonds. The van der Waals surface area contributed by atoms with Gasteiger partial charge in [-0.25, -0.2) is 0 Å². The van der Waals surface area contributed by atoms with Crippen LogP contribution in [-0.4, -0.2) is 56.4 Å². The molecule has 172 valence electrons. The number of nitrogens with zero attached hydrogens (tertiary/aromatic N) is 5. The second-order valence-corrected chi connectivity index (χ2v) is 9.19. The Balaban J connectivity index is 1.31. The van der Waals surface area contributed by atoms with E-state index in [4.69, 9.17) is 4.42 Å². The number of amides is 2. The van der Waals surface area contributed by atoms with Crippen LogP contribution in [0.5, 0.6) is 0 Å². The number of piperidine rings is 2. The van der Waals surface area contributed by atoms with Gasteiger partial charge in [0, 0.05) is 50.3 Å². The molecule has 2 aromatic rings. The Hall–Kier alpha value is -2.77. The Morgan fingerprint density at radius 1 is 1.03 bits per heavy atom. The number of rotatable bonds is 6. The lowest BCUT2D eigenvalue weighted by Gasteiger charge is -2.34. The zero-order valence-electron chi connectivity index (χ0n) is 19.1. The van der Waals surface area contributed by atoms with Crippen molar-refractivity contribution in [1.82, 2.24) is 25.0 Å². The first-order valence-electron chi connectivity index (χ1n) is 11.8. The average molecular weight is 440 g/mol. The summed E-state index contributed by atoms with van der Waals surface area (Å²) >= 11 is 0. The standard InChI is InChI=1S/C24H33N5O3/c1-17(2)24(31)29-14-4-3-5-20(29)23-27-26-22(32-23)19-10-15-28(16-11-19)21(30)7-6-18-8-12-25-13-9-18/h8-9,12-13,17,19-20H,3-7,10-11,14-16H2,1-2H3. The van der Waals surface area contributed by atoms with Gasteiger partial charge in [-0.05, 0) is 56.2 Å². The van der Waals surface area contributed by atoms with Gasteiger partial charge >= 0.3 is 0 Å². The molecule has 2 fully saturated rings. The highest BCUT2D eigenvalue weighted by atomic mass is 16.4. The summed E-state index contributed by atoms with van der Waals surface area (Å²) in [7, 11) is 0. The van der Waals surface area contributed by atoms with Crippen molar-refractivity contribution in [1.29, 1.82) is 0 Å². The molecule has 2 aliphatic rings. The fourth-order valence-electron chi connectivity index (χ4n) is 4.66. The van der Waals surface area contributed by atoms with Gasteiger partial charge in [0.1, 0.15) is 6.04 Å². The van der Waals surface area contributed by atoms with E-state index in [1.54, 1.807) is 12.4 Å². The number of aromatic nitrogens is 3. The van der Waals surface area contributed by atoms with Crippen molar-refractivity contribution in [3.05, 3.63) is 41.9 Å². The van der Waals surface area contributed by atoms with E-state index >= 15 is 0 Å². The molecule has 2 saturated heterocycles. The van der Waals surface area contributed by atoms with Gasteiger partial charge in [0.25, 0.3) is 0 Å². The van der Waals surface area contributed by atoms with E-state index in [0.29, 0.717) is 31.3 Å². The zero-order valence-corrected chi connectivity index (χ0v) is 19.1. The molecule has 0 spiro atoms. The molecule has 0 saturated carbocycles. The molecule has 8 nitrogen and oxygen atoms in total. The van der Waals surface area contributed by atoms with Crippen molar-refractivity contribution in [3.63, 3.8) is 0 Å². The van der Waals surface area contributed by atoms with Gasteiger partial charge in [0.2, 0.25) is 23.6 Å². The van der Waals surface area contributed by atoms with E-state index < -0.39 is 0 Å². The van der Waals surface area contributed by atoms with Crippen LogP contribution in [0.2, 0.25) is 0 Å². The van der Waals surface area contributed by atoms with Crippen LogP contribution in [0, 0.1) is 5.92 Å². The lowest BCUT2D eigenvalue weighted by Crippen LogP contribution is -2.40. The van der Waals surface area contributed by atoms with Crippen molar-refractivity contribution in [2.45, 2.75) is 70.8 Å². The number of hydrogen-bond donors (Lipinski definition) is 0. The van der Waals surface area contributed by atoms with Crippen LogP contribution in [0.3, 0.4) is 0 Å². The molecule has 0 aliphatic carbocycles. The van der Waals surface area contributed by atoms with Crippen LogP contribution in [0.1, 0.15) is 81.7 Å². The van der Waals surface area contributed by atoms with Gasteiger partial charge in [0.15, 0.2) is 0 Å². The van der Waals surface area contributed by atoms with Crippen LogP contribution < -0.4 is 0 Å². The minimum absolute atomic E-state index is 0.0431. The monoisotopic (exact) mass is 439 g/mol. The summed E-state index contributed by atoms with van der Waals surface area (Å²) in [5.41, 5.74) is 1.13. The Morgan fingerprint density at radius 2 is 1.75 bits per heavy atom. The molecular formula is C24H33N5O3. The average Bonchev–Trinajstić information content (AvgIpc) is 3.33. The molecule has 4 heterocycles. The summed E-state index contributed by atoms with van der Waals surface area (Å²) in [6.45, 7) is 6.02. The lowest BCUT2D eigenvalue weighted by molar-refractivity contribution is -0.139. The number of aryl methyl sites for hydroxylation is 1. The van der Waals surface area contributed by atoms with Crippen LogP contribution in [0.4, 0.5) is 0 Å². The van der Waals surface area contributed by atoms with E-state index in [1.165, 1.54) is 0 Å². The highest BCUT2D eigenvalue weighted by Gasteiger charge is 2.34. The Kier molecular flexibility index (Phi) is 7.17. The summed E-state index contributed by atoms with van der Waals surface area (Å²) < 4.78 is 6.10. The molecule has 0 N–H and O–H groups in total. The van der Waals surface area contributed by atoms with Crippen molar-refractivity contribution < 1.29 is 14.0 Å². The third-order valence-electron chi connectivity index (χ3n) is 6.59. The van der Waals surface area contributed by atoms with Crippen molar-refractivity contribution >= 4 is 11.8 Å². The van der Waals surface area contributed by atoms with Gasteiger partial charge in [0.05, 0.1) is 0 Å². The maximum Gasteiger partial charge on any atom is 0.238 e. The van der Waals surface area contributed by atoms with Gasteiger partial charge in [-0.15, -0.1) is 10.2 Å². The second-order valence-electron chi connectivity index (χ2n) is 9.19. The Morgan fingerprint density at radius 3 is 2.47 bits per heavy atom. The topological polar surface area (TPSA) is 92.4 Å². The number of carbonyl (C=O) groups excluding carboxylic acids is 2. The maximum absolute atomic E-state index is 12.6. The van der Waals surface area contributed by atoms with E-state index in [9.17, 15) is 9.59 Å².